The third kappa shape index (κ3) is 1.47. The molecule has 0 aliphatic rings. The molecule has 1 heterocycles. The first-order chi connectivity index (χ1) is 5.52. The highest BCUT2D eigenvalue weighted by Crippen LogP contribution is 2.17. The molecule has 4 nitrogen and oxygen atoms in total. The van der Waals surface area contributed by atoms with E-state index in [1.807, 2.05) is 13.8 Å². The van der Waals surface area contributed by atoms with Crippen molar-refractivity contribution in [1.82, 2.24) is 4.98 Å². The number of nitrogens with zero attached hydrogens (tertiary/aromatic N) is 1. The zero-order chi connectivity index (χ0) is 9.30. The fraction of sp³-hybridized carbons (Fsp3) is 0.500. The lowest BCUT2D eigenvalue weighted by Gasteiger charge is -1.93. The van der Waals surface area contributed by atoms with Gasteiger partial charge in [0.2, 0.25) is 0 Å². The molecule has 4 heteroatoms. The van der Waals surface area contributed by atoms with Crippen LogP contribution >= 0.6 is 0 Å². The van der Waals surface area contributed by atoms with Crippen molar-refractivity contribution in [3.8, 4) is 0 Å². The lowest BCUT2D eigenvalue weighted by molar-refractivity contribution is 0.0689. The molecular weight excluding hydrogens is 158 g/mol. The van der Waals surface area contributed by atoms with Gasteiger partial charge in [-0.05, 0) is 6.92 Å². The minimum Gasteiger partial charge on any atom is -0.476 e. The Morgan fingerprint density at radius 1 is 1.58 bits per heavy atom. The van der Waals surface area contributed by atoms with E-state index in [0.29, 0.717) is 11.7 Å². The second-order valence-electron chi connectivity index (χ2n) is 2.92. The molecule has 0 aliphatic heterocycles. The third-order valence-corrected chi connectivity index (χ3v) is 1.51. The van der Waals surface area contributed by atoms with Crippen molar-refractivity contribution in [3.63, 3.8) is 0 Å². The lowest BCUT2D eigenvalue weighted by atomic mass is 10.2. The smallest absolute Gasteiger partial charge is 0.358 e. The molecule has 1 N–H and O–H groups in total. The summed E-state index contributed by atoms with van der Waals surface area (Å²) >= 11 is 0. The van der Waals surface area contributed by atoms with Gasteiger partial charge < -0.3 is 9.52 Å². The van der Waals surface area contributed by atoms with E-state index in [9.17, 15) is 4.79 Å². The normalized spacial score (nSPS) is 10.7. The van der Waals surface area contributed by atoms with E-state index in [4.69, 9.17) is 9.52 Å². The minimum absolute atomic E-state index is 0.0127. The van der Waals surface area contributed by atoms with Crippen LogP contribution in [0.15, 0.2) is 4.42 Å². The Labute approximate surface area is 70.2 Å². The number of carboxylic acid groups (broad SMARTS) is 1. The Bertz CT molecular complexity index is 301. The van der Waals surface area contributed by atoms with Gasteiger partial charge in [0.1, 0.15) is 5.76 Å². The molecule has 0 saturated heterocycles. The van der Waals surface area contributed by atoms with Gasteiger partial charge in [-0.2, -0.15) is 0 Å². The van der Waals surface area contributed by atoms with Gasteiger partial charge in [0.25, 0.3) is 0 Å². The quantitative estimate of drug-likeness (QED) is 0.733. The van der Waals surface area contributed by atoms with E-state index >= 15 is 0 Å². The van der Waals surface area contributed by atoms with Gasteiger partial charge in [0.15, 0.2) is 11.6 Å². The molecular formula is C8H11NO3. The molecule has 0 bridgehead atoms. The summed E-state index contributed by atoms with van der Waals surface area (Å²) in [5.41, 5.74) is 0.0127. The fourth-order valence-electron chi connectivity index (χ4n) is 0.862. The number of aryl methyl sites for hydroxylation is 1. The van der Waals surface area contributed by atoms with E-state index in [1.165, 1.54) is 0 Å². The van der Waals surface area contributed by atoms with Gasteiger partial charge >= 0.3 is 5.97 Å². The van der Waals surface area contributed by atoms with Crippen molar-refractivity contribution in [2.45, 2.75) is 26.7 Å². The summed E-state index contributed by atoms with van der Waals surface area (Å²) < 4.78 is 5.15. The van der Waals surface area contributed by atoms with Crippen LogP contribution in [0.25, 0.3) is 0 Å². The molecule has 0 fully saturated rings. The summed E-state index contributed by atoms with van der Waals surface area (Å²) in [5.74, 6) is -0.0731. The fourth-order valence-corrected chi connectivity index (χ4v) is 0.862. The van der Waals surface area contributed by atoms with Crippen LogP contribution in [-0.2, 0) is 0 Å². The van der Waals surface area contributed by atoms with Crippen LogP contribution in [0, 0.1) is 6.92 Å². The maximum Gasteiger partial charge on any atom is 0.358 e. The van der Waals surface area contributed by atoms with Gasteiger partial charge in [0.05, 0.1) is 0 Å². The van der Waals surface area contributed by atoms with Crippen LogP contribution < -0.4 is 0 Å². The SMILES string of the molecule is Cc1oc(C(C)C)nc1C(=O)O. The van der Waals surface area contributed by atoms with Crippen molar-refractivity contribution >= 4 is 5.97 Å². The van der Waals surface area contributed by atoms with Gasteiger partial charge in [-0.3, -0.25) is 0 Å². The van der Waals surface area contributed by atoms with Gasteiger partial charge in [0, 0.05) is 5.92 Å². The number of carbonyl (C=O) groups is 1. The molecule has 0 aliphatic carbocycles. The summed E-state index contributed by atoms with van der Waals surface area (Å²) in [6, 6.07) is 0. The number of oxazole rings is 1. The third-order valence-electron chi connectivity index (χ3n) is 1.51. The number of hydrogen-bond donors (Lipinski definition) is 1. The van der Waals surface area contributed by atoms with E-state index in [1.54, 1.807) is 6.92 Å². The second kappa shape index (κ2) is 2.97. The number of aromatic carboxylic acids is 1. The Kier molecular flexibility index (Phi) is 2.17. The molecule has 12 heavy (non-hydrogen) atoms. The zero-order valence-electron chi connectivity index (χ0n) is 7.29. The maximum atomic E-state index is 10.5. The minimum atomic E-state index is -1.04. The van der Waals surface area contributed by atoms with Crippen molar-refractivity contribution in [3.05, 3.63) is 17.3 Å². The summed E-state index contributed by atoms with van der Waals surface area (Å²) in [4.78, 5) is 14.4. The molecule has 1 aromatic heterocycles. The predicted octanol–water partition coefficient (Wildman–Crippen LogP) is 1.80. The molecule has 0 radical (unpaired) electrons. The van der Waals surface area contributed by atoms with Crippen molar-refractivity contribution < 1.29 is 14.3 Å². The standard InChI is InChI=1S/C8H11NO3/c1-4(2)7-9-6(8(10)11)5(3)12-7/h4H,1-3H3,(H,10,11). The van der Waals surface area contributed by atoms with Crippen LogP contribution in [0.1, 0.15) is 41.9 Å². The van der Waals surface area contributed by atoms with Crippen LogP contribution in [0.4, 0.5) is 0 Å². The average Bonchev–Trinajstić information content (AvgIpc) is 2.30. The van der Waals surface area contributed by atoms with Crippen LogP contribution in [0.2, 0.25) is 0 Å². The molecule has 0 saturated carbocycles. The molecule has 66 valence electrons. The highest BCUT2D eigenvalue weighted by Gasteiger charge is 2.17. The van der Waals surface area contributed by atoms with Crippen molar-refractivity contribution in [2.24, 2.45) is 0 Å². The van der Waals surface area contributed by atoms with Crippen molar-refractivity contribution in [2.75, 3.05) is 0 Å². The monoisotopic (exact) mass is 169 g/mol. The Balaban J connectivity index is 3.09. The molecule has 1 aromatic rings. The topological polar surface area (TPSA) is 63.3 Å². The largest absolute Gasteiger partial charge is 0.476 e. The van der Waals surface area contributed by atoms with Crippen molar-refractivity contribution in [1.29, 1.82) is 0 Å². The highest BCUT2D eigenvalue weighted by molar-refractivity contribution is 5.86. The zero-order valence-corrected chi connectivity index (χ0v) is 7.29. The average molecular weight is 169 g/mol. The molecule has 0 amide bonds. The molecule has 0 atom stereocenters. The number of hydrogen-bond acceptors (Lipinski definition) is 3. The summed E-state index contributed by atoms with van der Waals surface area (Å²) in [7, 11) is 0. The van der Waals surface area contributed by atoms with E-state index in [2.05, 4.69) is 4.98 Å². The maximum absolute atomic E-state index is 10.5. The summed E-state index contributed by atoms with van der Waals surface area (Å²) in [5, 5.41) is 8.64. The lowest BCUT2D eigenvalue weighted by Crippen LogP contribution is -1.99. The highest BCUT2D eigenvalue weighted by atomic mass is 16.4. The molecule has 1 rings (SSSR count). The first-order valence-electron chi connectivity index (χ1n) is 3.73. The number of aromatic nitrogens is 1. The second-order valence-corrected chi connectivity index (χ2v) is 2.92. The van der Waals surface area contributed by atoms with E-state index in [0.717, 1.165) is 0 Å². The van der Waals surface area contributed by atoms with Gasteiger partial charge in [-0.25, -0.2) is 9.78 Å². The van der Waals surface area contributed by atoms with E-state index in [-0.39, 0.29) is 11.6 Å². The Hall–Kier alpha value is -1.32. The van der Waals surface area contributed by atoms with Crippen LogP contribution in [0.5, 0.6) is 0 Å². The Morgan fingerprint density at radius 3 is 2.42 bits per heavy atom. The molecule has 0 unspecified atom stereocenters. The first kappa shape index (κ1) is 8.77. The number of carboxylic acids is 1. The van der Waals surface area contributed by atoms with Gasteiger partial charge in [-0.1, -0.05) is 13.8 Å². The van der Waals surface area contributed by atoms with Crippen LogP contribution in [0.3, 0.4) is 0 Å². The summed E-state index contributed by atoms with van der Waals surface area (Å²) in [6.45, 7) is 5.40. The summed E-state index contributed by atoms with van der Waals surface area (Å²) in [6.07, 6.45) is 0. The van der Waals surface area contributed by atoms with E-state index < -0.39 is 5.97 Å². The first-order valence-corrected chi connectivity index (χ1v) is 3.73. The van der Waals surface area contributed by atoms with Gasteiger partial charge in [-0.15, -0.1) is 0 Å². The molecule has 0 aromatic carbocycles. The Morgan fingerprint density at radius 2 is 2.17 bits per heavy atom. The van der Waals surface area contributed by atoms with Crippen LogP contribution in [-0.4, -0.2) is 16.1 Å². The number of rotatable bonds is 2. The predicted molar refractivity (Wildman–Crippen MR) is 42.3 cm³/mol. The molecule has 0 spiro atoms.